The van der Waals surface area contributed by atoms with Crippen LogP contribution in [0.15, 0.2) is 48.5 Å². The smallest absolute Gasteiger partial charge is 0.150 e. The zero-order valence-electron chi connectivity index (χ0n) is 10.1. The summed E-state index contributed by atoms with van der Waals surface area (Å²) in [5, 5.41) is 0. The van der Waals surface area contributed by atoms with Gasteiger partial charge in [0.15, 0.2) is 0 Å². The summed E-state index contributed by atoms with van der Waals surface area (Å²) in [5.41, 5.74) is 4.78. The van der Waals surface area contributed by atoms with E-state index in [1.807, 2.05) is 6.07 Å². The molecule has 0 N–H and O–H groups in total. The third-order valence-corrected chi connectivity index (χ3v) is 4.12. The van der Waals surface area contributed by atoms with Crippen molar-refractivity contribution in [3.8, 4) is 11.4 Å². The van der Waals surface area contributed by atoms with Crippen molar-refractivity contribution in [2.24, 2.45) is 0 Å². The zero-order chi connectivity index (χ0) is 12.5. The standard InChI is InChI=1S/C15H13IN2/c1-2-11-7-3-4-8-12(11)15-17-13-9-5-6-10-14(13)18(15)16/h3-10H,2H2,1H3. The second kappa shape index (κ2) is 4.72. The van der Waals surface area contributed by atoms with Crippen LogP contribution in [0.4, 0.5) is 0 Å². The molecule has 90 valence electrons. The van der Waals surface area contributed by atoms with Crippen molar-refractivity contribution in [2.45, 2.75) is 13.3 Å². The second-order valence-corrected chi connectivity index (χ2v) is 5.18. The maximum Gasteiger partial charge on any atom is 0.150 e. The summed E-state index contributed by atoms with van der Waals surface area (Å²) in [7, 11) is 0. The Morgan fingerprint density at radius 1 is 1.06 bits per heavy atom. The van der Waals surface area contributed by atoms with Crippen molar-refractivity contribution in [1.29, 1.82) is 0 Å². The highest BCUT2D eigenvalue weighted by atomic mass is 127. The van der Waals surface area contributed by atoms with Crippen LogP contribution in [-0.4, -0.2) is 7.76 Å². The number of hydrogen-bond acceptors (Lipinski definition) is 1. The van der Waals surface area contributed by atoms with Gasteiger partial charge in [0.2, 0.25) is 0 Å². The van der Waals surface area contributed by atoms with Gasteiger partial charge in [-0.1, -0.05) is 43.3 Å². The molecular weight excluding hydrogens is 335 g/mol. The van der Waals surface area contributed by atoms with E-state index < -0.39 is 0 Å². The monoisotopic (exact) mass is 348 g/mol. The lowest BCUT2D eigenvalue weighted by Gasteiger charge is -2.06. The number of aryl methyl sites for hydroxylation is 1. The number of halogens is 1. The Bertz CT molecular complexity index is 701. The van der Waals surface area contributed by atoms with Crippen molar-refractivity contribution in [2.75, 3.05) is 0 Å². The molecule has 1 heterocycles. The number of benzene rings is 2. The summed E-state index contributed by atoms with van der Waals surface area (Å²) in [6, 6.07) is 16.7. The van der Waals surface area contributed by atoms with E-state index in [2.05, 4.69) is 75.0 Å². The van der Waals surface area contributed by atoms with E-state index in [0.717, 1.165) is 17.8 Å². The third kappa shape index (κ3) is 1.82. The van der Waals surface area contributed by atoms with Crippen LogP contribution in [0.1, 0.15) is 12.5 Å². The van der Waals surface area contributed by atoms with Crippen LogP contribution >= 0.6 is 22.9 Å². The molecule has 2 aromatic carbocycles. The summed E-state index contributed by atoms with van der Waals surface area (Å²) >= 11 is 2.32. The average Bonchev–Trinajstić information content (AvgIpc) is 2.76. The number of rotatable bonds is 2. The molecule has 2 nitrogen and oxygen atoms in total. The van der Waals surface area contributed by atoms with Gasteiger partial charge in [-0.05, 0) is 24.1 Å². The van der Waals surface area contributed by atoms with Crippen molar-refractivity contribution in [3.05, 3.63) is 54.1 Å². The quantitative estimate of drug-likeness (QED) is 0.625. The highest BCUT2D eigenvalue weighted by Gasteiger charge is 2.12. The van der Waals surface area contributed by atoms with E-state index in [0.29, 0.717) is 0 Å². The summed E-state index contributed by atoms with van der Waals surface area (Å²) in [4.78, 5) is 4.75. The normalized spacial score (nSPS) is 11.0. The minimum Gasteiger partial charge on any atom is -0.264 e. The van der Waals surface area contributed by atoms with Crippen LogP contribution in [0.5, 0.6) is 0 Å². The molecular formula is C15H13IN2. The Hall–Kier alpha value is -1.36. The third-order valence-electron chi connectivity index (χ3n) is 3.14. The van der Waals surface area contributed by atoms with Gasteiger partial charge in [0.05, 0.1) is 33.9 Å². The maximum absolute atomic E-state index is 4.75. The van der Waals surface area contributed by atoms with Crippen LogP contribution < -0.4 is 0 Å². The highest BCUT2D eigenvalue weighted by molar-refractivity contribution is 14.1. The number of para-hydroxylation sites is 2. The fourth-order valence-corrected chi connectivity index (χ4v) is 2.99. The maximum atomic E-state index is 4.75. The van der Waals surface area contributed by atoms with Crippen LogP contribution in [0, 0.1) is 0 Å². The first-order valence-electron chi connectivity index (χ1n) is 6.03. The van der Waals surface area contributed by atoms with Crippen molar-refractivity contribution in [1.82, 2.24) is 7.76 Å². The number of hydrogen-bond donors (Lipinski definition) is 0. The Morgan fingerprint density at radius 3 is 2.56 bits per heavy atom. The Balaban J connectivity index is 2.28. The number of aromatic nitrogens is 2. The Labute approximate surface area is 120 Å². The number of nitrogens with zero attached hydrogens (tertiary/aromatic N) is 2. The minimum absolute atomic E-state index is 1.02. The molecule has 0 saturated heterocycles. The van der Waals surface area contributed by atoms with Gasteiger partial charge in [0, 0.05) is 5.56 Å². The predicted molar refractivity (Wildman–Crippen MR) is 84.0 cm³/mol. The fraction of sp³-hybridized carbons (Fsp3) is 0.133. The molecule has 0 atom stereocenters. The molecule has 0 aliphatic rings. The van der Waals surface area contributed by atoms with Gasteiger partial charge in [-0.15, -0.1) is 0 Å². The Morgan fingerprint density at radius 2 is 1.78 bits per heavy atom. The van der Waals surface area contributed by atoms with Gasteiger partial charge >= 0.3 is 0 Å². The van der Waals surface area contributed by atoms with Gasteiger partial charge < -0.3 is 0 Å². The first-order chi connectivity index (χ1) is 8.81. The zero-order valence-corrected chi connectivity index (χ0v) is 12.3. The van der Waals surface area contributed by atoms with Crippen LogP contribution in [-0.2, 0) is 6.42 Å². The predicted octanol–water partition coefficient (Wildman–Crippen LogP) is 4.46. The van der Waals surface area contributed by atoms with E-state index in [1.165, 1.54) is 16.6 Å². The van der Waals surface area contributed by atoms with E-state index in [4.69, 9.17) is 4.98 Å². The lowest BCUT2D eigenvalue weighted by atomic mass is 10.1. The molecule has 0 aliphatic carbocycles. The van der Waals surface area contributed by atoms with Gasteiger partial charge in [-0.2, -0.15) is 0 Å². The molecule has 0 spiro atoms. The van der Waals surface area contributed by atoms with E-state index in [1.54, 1.807) is 0 Å². The van der Waals surface area contributed by atoms with Crippen molar-refractivity contribution >= 4 is 33.9 Å². The Kier molecular flexibility index (Phi) is 3.07. The lowest BCUT2D eigenvalue weighted by Crippen LogP contribution is -1.91. The number of fused-ring (bicyclic) bond motifs is 1. The van der Waals surface area contributed by atoms with Crippen LogP contribution in [0.25, 0.3) is 22.4 Å². The molecule has 3 heteroatoms. The van der Waals surface area contributed by atoms with Crippen LogP contribution in [0.3, 0.4) is 0 Å². The molecule has 0 unspecified atom stereocenters. The summed E-state index contributed by atoms with van der Waals surface area (Å²) in [6.07, 6.45) is 1.02. The van der Waals surface area contributed by atoms with E-state index in [9.17, 15) is 0 Å². The molecule has 0 amide bonds. The molecule has 0 radical (unpaired) electrons. The molecule has 0 fully saturated rings. The first-order valence-corrected chi connectivity index (χ1v) is 6.99. The second-order valence-electron chi connectivity index (χ2n) is 4.22. The van der Waals surface area contributed by atoms with Gasteiger partial charge in [0.25, 0.3) is 0 Å². The SMILES string of the molecule is CCc1ccccc1-c1nc2ccccc2n1I. The van der Waals surface area contributed by atoms with Crippen molar-refractivity contribution in [3.63, 3.8) is 0 Å². The van der Waals surface area contributed by atoms with Crippen LogP contribution in [0.2, 0.25) is 0 Å². The molecule has 1 aromatic heterocycles. The lowest BCUT2D eigenvalue weighted by molar-refractivity contribution is 1.13. The minimum atomic E-state index is 1.02. The highest BCUT2D eigenvalue weighted by Crippen LogP contribution is 2.29. The molecule has 3 aromatic rings. The van der Waals surface area contributed by atoms with Gasteiger partial charge in [-0.25, -0.2) is 4.98 Å². The average molecular weight is 348 g/mol. The van der Waals surface area contributed by atoms with E-state index in [-0.39, 0.29) is 0 Å². The molecule has 0 bridgehead atoms. The summed E-state index contributed by atoms with van der Waals surface area (Å²) in [5.74, 6) is 1.04. The summed E-state index contributed by atoms with van der Waals surface area (Å²) < 4.78 is 2.14. The van der Waals surface area contributed by atoms with Gasteiger partial charge in [-0.3, -0.25) is 2.78 Å². The molecule has 0 aliphatic heterocycles. The molecule has 0 saturated carbocycles. The van der Waals surface area contributed by atoms with Crippen molar-refractivity contribution < 1.29 is 0 Å². The fourth-order valence-electron chi connectivity index (χ4n) is 2.21. The largest absolute Gasteiger partial charge is 0.264 e. The van der Waals surface area contributed by atoms with Gasteiger partial charge in [0.1, 0.15) is 5.82 Å². The first kappa shape index (κ1) is 11.7. The molecule has 18 heavy (non-hydrogen) atoms. The van der Waals surface area contributed by atoms with E-state index >= 15 is 0 Å². The molecule has 3 rings (SSSR count). The number of imidazole rings is 1. The topological polar surface area (TPSA) is 17.8 Å². The summed E-state index contributed by atoms with van der Waals surface area (Å²) in [6.45, 7) is 2.18.